The number of hydrogen-bond donors (Lipinski definition) is 3. The lowest BCUT2D eigenvalue weighted by Crippen LogP contribution is -2.04. The van der Waals surface area contributed by atoms with E-state index in [1.54, 1.807) is 36.4 Å². The second-order valence-corrected chi connectivity index (χ2v) is 6.88. The number of carbonyl (C=O) groups is 1. The Bertz CT molecular complexity index is 1240. The Labute approximate surface area is 161 Å². The van der Waals surface area contributed by atoms with Gasteiger partial charge in [-0.2, -0.15) is 0 Å². The first kappa shape index (κ1) is 17.8. The molecule has 28 heavy (non-hydrogen) atoms. The predicted molar refractivity (Wildman–Crippen MR) is 109 cm³/mol. The second-order valence-electron chi connectivity index (χ2n) is 6.88. The van der Waals surface area contributed by atoms with Crippen LogP contribution < -0.4 is 11.1 Å². The molecule has 2 aromatic rings. The quantitative estimate of drug-likeness (QED) is 0.350. The fraction of sp³-hybridized carbons (Fsp3) is 0.130. The summed E-state index contributed by atoms with van der Waals surface area (Å²) in [4.78, 5) is 12.1. The normalized spacial score (nSPS) is 11.2. The number of hydrogen-bond acceptors (Lipinski definition) is 4. The number of nitrogen functional groups attached to an aromatic ring is 1. The highest BCUT2D eigenvalue weighted by Gasteiger charge is 2.21. The van der Waals surface area contributed by atoms with E-state index < -0.39 is 5.97 Å². The van der Waals surface area contributed by atoms with Gasteiger partial charge in [-0.1, -0.05) is 25.5 Å². The Morgan fingerprint density at radius 3 is 2.61 bits per heavy atom. The van der Waals surface area contributed by atoms with E-state index in [0.717, 1.165) is 34.9 Å². The molecule has 4 rings (SSSR count). The van der Waals surface area contributed by atoms with E-state index in [1.165, 1.54) is 0 Å². The maximum atomic E-state index is 12.1. The number of benzene rings is 3. The molecule has 0 unspecified atom stereocenters. The van der Waals surface area contributed by atoms with Crippen LogP contribution in [0, 0.1) is 5.41 Å². The van der Waals surface area contributed by atoms with Crippen LogP contribution in [0.25, 0.3) is 33.4 Å². The van der Waals surface area contributed by atoms with Crippen LogP contribution >= 0.6 is 0 Å². The highest BCUT2D eigenvalue weighted by atomic mass is 16.4. The van der Waals surface area contributed by atoms with Gasteiger partial charge < -0.3 is 20.7 Å². The van der Waals surface area contributed by atoms with E-state index in [-0.39, 0.29) is 5.56 Å². The van der Waals surface area contributed by atoms with Crippen molar-refractivity contribution in [3.05, 3.63) is 71.1 Å². The first-order chi connectivity index (χ1) is 13.5. The number of aromatic carboxylic acids is 1. The van der Waals surface area contributed by atoms with Crippen molar-refractivity contribution in [2.24, 2.45) is 0 Å². The van der Waals surface area contributed by atoms with E-state index >= 15 is 0 Å². The van der Waals surface area contributed by atoms with Crippen LogP contribution in [-0.4, -0.2) is 11.1 Å². The van der Waals surface area contributed by atoms with Crippen LogP contribution in [0.2, 0.25) is 0 Å². The third-order valence-electron chi connectivity index (χ3n) is 4.87. The molecule has 140 valence electrons. The topological polar surface area (TPSA) is 100 Å². The van der Waals surface area contributed by atoms with E-state index in [4.69, 9.17) is 15.6 Å². The van der Waals surface area contributed by atoms with Gasteiger partial charge in [0.05, 0.1) is 10.9 Å². The van der Waals surface area contributed by atoms with E-state index in [9.17, 15) is 9.90 Å². The third-order valence-corrected chi connectivity index (χ3v) is 4.87. The van der Waals surface area contributed by atoms with Crippen molar-refractivity contribution in [1.29, 1.82) is 5.41 Å². The smallest absolute Gasteiger partial charge is 0.336 e. The Kier molecular flexibility index (Phi) is 4.35. The summed E-state index contributed by atoms with van der Waals surface area (Å²) < 4.78 is 5.99. The molecule has 1 heterocycles. The fourth-order valence-electron chi connectivity index (χ4n) is 3.63. The molecule has 0 bridgehead atoms. The summed E-state index contributed by atoms with van der Waals surface area (Å²) in [5.74, 6) is -0.447. The summed E-state index contributed by atoms with van der Waals surface area (Å²) >= 11 is 0. The molecule has 1 aliphatic heterocycles. The minimum atomic E-state index is -0.970. The minimum absolute atomic E-state index is 0.256. The molecule has 0 saturated carbocycles. The molecule has 0 atom stereocenters. The molecule has 0 saturated heterocycles. The van der Waals surface area contributed by atoms with Gasteiger partial charge in [0.25, 0.3) is 0 Å². The average Bonchev–Trinajstić information content (AvgIpc) is 2.66. The molecule has 5 nitrogen and oxygen atoms in total. The Balaban J connectivity index is 2.13. The fourth-order valence-corrected chi connectivity index (χ4v) is 3.63. The monoisotopic (exact) mass is 372 g/mol. The van der Waals surface area contributed by atoms with E-state index in [2.05, 4.69) is 6.92 Å². The number of carboxylic acid groups (broad SMARTS) is 1. The van der Waals surface area contributed by atoms with Crippen molar-refractivity contribution < 1.29 is 14.3 Å². The van der Waals surface area contributed by atoms with Crippen molar-refractivity contribution in [3.63, 3.8) is 0 Å². The maximum Gasteiger partial charge on any atom is 0.336 e. The molecule has 0 amide bonds. The number of carboxylic acids is 1. The Hall–Kier alpha value is -3.60. The van der Waals surface area contributed by atoms with Crippen molar-refractivity contribution in [3.8, 4) is 22.5 Å². The van der Waals surface area contributed by atoms with Crippen LogP contribution in [0.15, 0.2) is 59.0 Å². The van der Waals surface area contributed by atoms with Gasteiger partial charge in [-0.15, -0.1) is 0 Å². The lowest BCUT2D eigenvalue weighted by molar-refractivity contribution is 0.0697. The summed E-state index contributed by atoms with van der Waals surface area (Å²) in [7, 11) is 0. The van der Waals surface area contributed by atoms with E-state index in [0.29, 0.717) is 28.0 Å². The second kappa shape index (κ2) is 6.85. The highest BCUT2D eigenvalue weighted by Crippen LogP contribution is 2.41. The van der Waals surface area contributed by atoms with Crippen LogP contribution in [0.4, 0.5) is 5.69 Å². The summed E-state index contributed by atoms with van der Waals surface area (Å²) in [6.45, 7) is 2.07. The van der Waals surface area contributed by atoms with Crippen molar-refractivity contribution in [1.82, 2.24) is 0 Å². The SMILES string of the molecule is CCCc1ccc(-c2c3ccc(=N)cc-3oc3cc(N)ccc23)c(C(=O)O)c1. The Morgan fingerprint density at radius 1 is 1.07 bits per heavy atom. The zero-order chi connectivity index (χ0) is 19.8. The molecular formula is C23H20N2O3. The predicted octanol–water partition coefficient (Wildman–Crippen LogP) is 4.92. The maximum absolute atomic E-state index is 12.1. The third kappa shape index (κ3) is 3.01. The van der Waals surface area contributed by atoms with Gasteiger partial charge >= 0.3 is 5.97 Å². The van der Waals surface area contributed by atoms with Crippen LogP contribution in [-0.2, 0) is 6.42 Å². The van der Waals surface area contributed by atoms with Gasteiger partial charge in [0.15, 0.2) is 0 Å². The highest BCUT2D eigenvalue weighted by molar-refractivity contribution is 6.07. The molecule has 1 aliphatic carbocycles. The first-order valence-corrected chi connectivity index (χ1v) is 9.15. The molecule has 5 heteroatoms. The van der Waals surface area contributed by atoms with Gasteiger partial charge in [0, 0.05) is 34.3 Å². The summed E-state index contributed by atoms with van der Waals surface area (Å²) in [6.07, 6.45) is 1.77. The number of aryl methyl sites for hydroxylation is 1. The molecule has 0 fully saturated rings. The lowest BCUT2D eigenvalue weighted by atomic mass is 9.89. The zero-order valence-electron chi connectivity index (χ0n) is 15.5. The Morgan fingerprint density at radius 2 is 1.86 bits per heavy atom. The van der Waals surface area contributed by atoms with Gasteiger partial charge in [-0.25, -0.2) is 4.79 Å². The van der Waals surface area contributed by atoms with Gasteiger partial charge in [0.1, 0.15) is 11.3 Å². The van der Waals surface area contributed by atoms with Crippen LogP contribution in [0.3, 0.4) is 0 Å². The van der Waals surface area contributed by atoms with Gasteiger partial charge in [0.2, 0.25) is 0 Å². The number of nitrogens with two attached hydrogens (primary N) is 1. The number of rotatable bonds is 4. The molecule has 2 aliphatic rings. The number of anilines is 1. The molecule has 2 aromatic carbocycles. The minimum Gasteiger partial charge on any atom is -0.478 e. The summed E-state index contributed by atoms with van der Waals surface area (Å²) in [5, 5.41) is 18.9. The molecule has 0 spiro atoms. The zero-order valence-corrected chi connectivity index (χ0v) is 15.5. The summed E-state index contributed by atoms with van der Waals surface area (Å²) in [5.41, 5.74) is 10.5. The molecule has 4 N–H and O–H groups in total. The van der Waals surface area contributed by atoms with Crippen molar-refractivity contribution in [2.75, 3.05) is 5.73 Å². The molecule has 0 radical (unpaired) electrons. The number of fused-ring (bicyclic) bond motifs is 2. The standard InChI is InChI=1S/C23H20N2O3/c1-2-3-13-4-7-16(19(10-13)23(26)27)22-17-8-5-14(24)11-20(17)28-21-12-15(25)6-9-18(21)22/h4-12,24H,2-3,25H2,1H3,(H,26,27). The molecule has 0 aromatic heterocycles. The molecular weight excluding hydrogens is 352 g/mol. The first-order valence-electron chi connectivity index (χ1n) is 9.15. The van der Waals surface area contributed by atoms with Crippen LogP contribution in [0.5, 0.6) is 0 Å². The van der Waals surface area contributed by atoms with Crippen molar-refractivity contribution in [2.45, 2.75) is 19.8 Å². The largest absolute Gasteiger partial charge is 0.478 e. The summed E-state index contributed by atoms with van der Waals surface area (Å²) in [6, 6.07) is 16.1. The van der Waals surface area contributed by atoms with E-state index in [1.807, 2.05) is 18.2 Å². The average molecular weight is 372 g/mol. The van der Waals surface area contributed by atoms with Gasteiger partial charge in [-0.3, -0.25) is 0 Å². The lowest BCUT2D eigenvalue weighted by Gasteiger charge is -2.17. The number of nitrogens with one attached hydrogen (secondary N) is 1. The van der Waals surface area contributed by atoms with Crippen LogP contribution in [0.1, 0.15) is 29.3 Å². The van der Waals surface area contributed by atoms with Crippen molar-refractivity contribution >= 4 is 22.6 Å². The van der Waals surface area contributed by atoms with Gasteiger partial charge in [-0.05, 0) is 47.9 Å².